The van der Waals surface area contributed by atoms with Gasteiger partial charge in [0.2, 0.25) is 0 Å². The lowest BCUT2D eigenvalue weighted by molar-refractivity contribution is 0.00139. The van der Waals surface area contributed by atoms with E-state index in [-0.39, 0.29) is 11.3 Å². The molecule has 0 spiro atoms. The molecule has 2 heterocycles. The standard InChI is InChI=1S/C26H25NO4/c1-15-14-26(2,3)27-19-12-11-18-23-20(29-4)9-6-10-21(23)31-25(24(18)22(15)19)30-17-8-5-7-16(28)13-17/h5-14,25,27-28H,1-4H3. The van der Waals surface area contributed by atoms with Crippen LogP contribution in [0.2, 0.25) is 0 Å². The van der Waals surface area contributed by atoms with Crippen molar-refractivity contribution < 1.29 is 19.3 Å². The van der Waals surface area contributed by atoms with Crippen LogP contribution in [0, 0.1) is 0 Å². The summed E-state index contributed by atoms with van der Waals surface area (Å²) >= 11 is 0. The number of phenolic OH excluding ortho intramolecular Hbond substituents is 1. The maximum atomic E-state index is 9.90. The first-order valence-electron chi connectivity index (χ1n) is 10.3. The van der Waals surface area contributed by atoms with Gasteiger partial charge >= 0.3 is 0 Å². The van der Waals surface area contributed by atoms with Gasteiger partial charge in [0, 0.05) is 22.9 Å². The lowest BCUT2D eigenvalue weighted by Crippen LogP contribution is -2.33. The minimum absolute atomic E-state index is 0.144. The molecule has 0 bridgehead atoms. The Bertz CT molecular complexity index is 1210. The van der Waals surface area contributed by atoms with E-state index >= 15 is 0 Å². The van der Waals surface area contributed by atoms with E-state index in [2.05, 4.69) is 44.3 Å². The second-order valence-corrected chi connectivity index (χ2v) is 8.52. The number of methoxy groups -OCH3 is 1. The minimum Gasteiger partial charge on any atom is -0.508 e. The first-order valence-corrected chi connectivity index (χ1v) is 10.3. The summed E-state index contributed by atoms with van der Waals surface area (Å²) in [5, 5.41) is 13.5. The van der Waals surface area contributed by atoms with Crippen LogP contribution < -0.4 is 19.5 Å². The molecular weight excluding hydrogens is 390 g/mol. The van der Waals surface area contributed by atoms with Crippen molar-refractivity contribution in [3.8, 4) is 34.1 Å². The fraction of sp³-hybridized carbons (Fsp3) is 0.231. The zero-order valence-electron chi connectivity index (χ0n) is 18.0. The maximum absolute atomic E-state index is 9.90. The molecule has 2 aliphatic heterocycles. The van der Waals surface area contributed by atoms with Crippen molar-refractivity contribution in [2.45, 2.75) is 32.6 Å². The topological polar surface area (TPSA) is 60.0 Å². The maximum Gasteiger partial charge on any atom is 0.268 e. The number of ether oxygens (including phenoxy) is 3. The van der Waals surface area contributed by atoms with E-state index in [9.17, 15) is 5.11 Å². The van der Waals surface area contributed by atoms with E-state index in [1.807, 2.05) is 24.3 Å². The summed E-state index contributed by atoms with van der Waals surface area (Å²) in [5.41, 5.74) is 5.97. The first-order chi connectivity index (χ1) is 14.9. The molecule has 0 aliphatic carbocycles. The molecule has 5 heteroatoms. The van der Waals surface area contributed by atoms with Gasteiger partial charge in [0.05, 0.1) is 23.8 Å². The minimum atomic E-state index is -0.683. The number of benzene rings is 3. The van der Waals surface area contributed by atoms with Gasteiger partial charge in [-0.3, -0.25) is 0 Å². The van der Waals surface area contributed by atoms with Gasteiger partial charge in [0.15, 0.2) is 0 Å². The molecule has 3 aromatic carbocycles. The van der Waals surface area contributed by atoms with Crippen molar-refractivity contribution in [1.29, 1.82) is 0 Å². The predicted molar refractivity (Wildman–Crippen MR) is 122 cm³/mol. The smallest absolute Gasteiger partial charge is 0.268 e. The highest BCUT2D eigenvalue weighted by Crippen LogP contribution is 2.52. The number of anilines is 1. The normalized spacial score (nSPS) is 17.8. The van der Waals surface area contributed by atoms with Gasteiger partial charge in [-0.1, -0.05) is 24.3 Å². The summed E-state index contributed by atoms with van der Waals surface area (Å²) in [5.74, 6) is 2.12. The second-order valence-electron chi connectivity index (χ2n) is 8.52. The number of aromatic hydroxyl groups is 1. The zero-order valence-corrected chi connectivity index (χ0v) is 18.0. The van der Waals surface area contributed by atoms with Crippen LogP contribution >= 0.6 is 0 Å². The SMILES string of the molecule is COc1cccc2c1-c1ccc3c(c1C(Oc1cccc(O)c1)O2)C(C)=CC(C)(C)N3. The Morgan fingerprint density at radius 2 is 1.84 bits per heavy atom. The van der Waals surface area contributed by atoms with E-state index < -0.39 is 6.29 Å². The molecule has 3 aromatic rings. The van der Waals surface area contributed by atoms with Crippen LogP contribution in [0.3, 0.4) is 0 Å². The molecule has 0 saturated carbocycles. The number of rotatable bonds is 3. The highest BCUT2D eigenvalue weighted by molar-refractivity contribution is 5.91. The number of allylic oxidation sites excluding steroid dienone is 1. The zero-order chi connectivity index (χ0) is 21.8. The summed E-state index contributed by atoms with van der Waals surface area (Å²) in [4.78, 5) is 0. The van der Waals surface area contributed by atoms with Crippen molar-refractivity contribution in [2.24, 2.45) is 0 Å². The summed E-state index contributed by atoms with van der Waals surface area (Å²) in [7, 11) is 1.66. The van der Waals surface area contributed by atoms with Gasteiger partial charge in [0.1, 0.15) is 23.0 Å². The van der Waals surface area contributed by atoms with Crippen LogP contribution in [0.15, 0.2) is 60.7 Å². The Morgan fingerprint density at radius 3 is 2.61 bits per heavy atom. The van der Waals surface area contributed by atoms with Crippen LogP contribution in [0.25, 0.3) is 16.7 Å². The van der Waals surface area contributed by atoms with Gasteiger partial charge in [0.25, 0.3) is 6.29 Å². The Hall–Kier alpha value is -3.60. The van der Waals surface area contributed by atoms with E-state index in [4.69, 9.17) is 14.2 Å². The Labute approximate surface area is 181 Å². The van der Waals surface area contributed by atoms with Gasteiger partial charge < -0.3 is 24.6 Å². The summed E-state index contributed by atoms with van der Waals surface area (Å²) < 4.78 is 18.3. The Balaban J connectivity index is 1.74. The predicted octanol–water partition coefficient (Wildman–Crippen LogP) is 6.15. The molecule has 0 fully saturated rings. The van der Waals surface area contributed by atoms with Crippen LogP contribution in [0.4, 0.5) is 5.69 Å². The summed E-state index contributed by atoms with van der Waals surface area (Å²) in [6.45, 7) is 6.41. The van der Waals surface area contributed by atoms with E-state index in [1.165, 1.54) is 0 Å². The molecule has 0 aromatic heterocycles. The van der Waals surface area contributed by atoms with Gasteiger partial charge in [-0.25, -0.2) is 0 Å². The molecule has 0 radical (unpaired) electrons. The molecule has 0 saturated heterocycles. The fourth-order valence-corrected chi connectivity index (χ4v) is 4.59. The molecule has 5 nitrogen and oxygen atoms in total. The van der Waals surface area contributed by atoms with Crippen LogP contribution in [-0.2, 0) is 0 Å². The fourth-order valence-electron chi connectivity index (χ4n) is 4.59. The van der Waals surface area contributed by atoms with Gasteiger partial charge in [-0.15, -0.1) is 0 Å². The summed E-state index contributed by atoms with van der Waals surface area (Å²) in [6.07, 6.45) is 1.54. The lowest BCUT2D eigenvalue weighted by Gasteiger charge is -2.37. The first kappa shape index (κ1) is 19.4. The largest absolute Gasteiger partial charge is 0.508 e. The van der Waals surface area contributed by atoms with Crippen molar-refractivity contribution in [2.75, 3.05) is 12.4 Å². The van der Waals surface area contributed by atoms with E-state index in [0.717, 1.165) is 39.3 Å². The number of hydrogen-bond donors (Lipinski definition) is 2. The van der Waals surface area contributed by atoms with Crippen molar-refractivity contribution in [3.05, 3.63) is 71.8 Å². The van der Waals surface area contributed by atoms with Gasteiger partial charge in [-0.05, 0) is 56.7 Å². The molecule has 1 atom stereocenters. The molecule has 1 unspecified atom stereocenters. The monoisotopic (exact) mass is 415 g/mol. The van der Waals surface area contributed by atoms with Crippen LogP contribution in [0.5, 0.6) is 23.0 Å². The third-order valence-electron chi connectivity index (χ3n) is 5.68. The molecular formula is C26H25NO4. The van der Waals surface area contributed by atoms with Crippen LogP contribution in [-0.4, -0.2) is 17.8 Å². The molecule has 158 valence electrons. The molecule has 31 heavy (non-hydrogen) atoms. The van der Waals surface area contributed by atoms with Crippen LogP contribution in [0.1, 0.15) is 38.2 Å². The van der Waals surface area contributed by atoms with Crippen molar-refractivity contribution in [1.82, 2.24) is 0 Å². The van der Waals surface area contributed by atoms with E-state index in [0.29, 0.717) is 11.5 Å². The lowest BCUT2D eigenvalue weighted by atomic mass is 9.83. The third kappa shape index (κ3) is 3.26. The van der Waals surface area contributed by atoms with Crippen molar-refractivity contribution >= 4 is 11.3 Å². The molecule has 2 N–H and O–H groups in total. The Kier molecular flexibility index (Phi) is 4.36. The average Bonchev–Trinajstić information content (AvgIpc) is 2.72. The highest BCUT2D eigenvalue weighted by atomic mass is 16.7. The third-order valence-corrected chi connectivity index (χ3v) is 5.68. The molecule has 2 aliphatic rings. The van der Waals surface area contributed by atoms with Crippen molar-refractivity contribution in [3.63, 3.8) is 0 Å². The number of nitrogens with one attached hydrogen (secondary N) is 1. The Morgan fingerprint density at radius 1 is 1.03 bits per heavy atom. The number of hydrogen-bond acceptors (Lipinski definition) is 5. The highest BCUT2D eigenvalue weighted by Gasteiger charge is 2.36. The quantitative estimate of drug-likeness (QED) is 0.538. The molecule has 5 rings (SSSR count). The van der Waals surface area contributed by atoms with Gasteiger partial charge in [-0.2, -0.15) is 0 Å². The number of phenols is 1. The number of fused-ring (bicyclic) bond motifs is 5. The summed E-state index contributed by atoms with van der Waals surface area (Å²) in [6, 6.07) is 16.7. The second kappa shape index (κ2) is 6.98. The molecule has 0 amide bonds. The van der Waals surface area contributed by atoms with E-state index in [1.54, 1.807) is 25.3 Å². The average molecular weight is 415 g/mol.